The average molecular weight is 419 g/mol. The summed E-state index contributed by atoms with van der Waals surface area (Å²) in [5, 5.41) is 0. The number of rotatable bonds is 8. The molecule has 4 rings (SSSR count). The number of nitrogens with zero attached hydrogens (tertiary/aromatic N) is 2. The molecule has 2 heterocycles. The maximum atomic E-state index is 13.5. The molecule has 0 radical (unpaired) electrons. The number of hydrogen-bond donors (Lipinski definition) is 0. The highest BCUT2D eigenvalue weighted by atomic mass is 16.5. The fraction of sp³-hybridized carbons (Fsp3) is 0.385. The van der Waals surface area contributed by atoms with Gasteiger partial charge in [0.15, 0.2) is 0 Å². The summed E-state index contributed by atoms with van der Waals surface area (Å²) in [5.74, 6) is 0.225. The van der Waals surface area contributed by atoms with Crippen LogP contribution in [0.25, 0.3) is 5.57 Å². The molecule has 162 valence electrons. The van der Waals surface area contributed by atoms with Crippen LogP contribution in [0.5, 0.6) is 5.75 Å². The first kappa shape index (κ1) is 21.2. The van der Waals surface area contributed by atoms with Gasteiger partial charge in [-0.3, -0.25) is 14.5 Å². The number of imide groups is 1. The van der Waals surface area contributed by atoms with Crippen molar-refractivity contribution >= 4 is 17.4 Å². The molecule has 0 bridgehead atoms. The summed E-state index contributed by atoms with van der Waals surface area (Å²) >= 11 is 0. The first-order chi connectivity index (χ1) is 15.2. The molecule has 2 aliphatic heterocycles. The molecular formula is C26H30N2O3. The van der Waals surface area contributed by atoms with E-state index in [1.54, 1.807) is 7.11 Å². The van der Waals surface area contributed by atoms with Crippen LogP contribution in [0.2, 0.25) is 0 Å². The van der Waals surface area contributed by atoms with Crippen LogP contribution in [-0.4, -0.2) is 41.8 Å². The van der Waals surface area contributed by atoms with E-state index < -0.39 is 0 Å². The third-order valence-corrected chi connectivity index (χ3v) is 6.20. The Morgan fingerprint density at radius 2 is 1.65 bits per heavy atom. The Bertz CT molecular complexity index is 1010. The number of methoxy groups -OCH3 is 1. The van der Waals surface area contributed by atoms with Gasteiger partial charge in [-0.15, -0.1) is 0 Å². The third-order valence-electron chi connectivity index (χ3n) is 6.20. The summed E-state index contributed by atoms with van der Waals surface area (Å²) in [6.07, 6.45) is 4.94. The molecule has 2 aliphatic rings. The molecule has 0 fully saturated rings. The SMILES string of the molecule is CCCCCCN1C(=O)C(c2ccccc2OC)=C(N2CCc3ccccc3C2)C1=O. The zero-order valence-electron chi connectivity index (χ0n) is 18.4. The van der Waals surface area contributed by atoms with Crippen molar-refractivity contribution in [3.8, 4) is 5.75 Å². The standard InChI is InChI=1S/C26H30N2O3/c1-3-4-5-10-16-28-25(29)23(21-13-8-9-14-22(21)31-2)24(26(28)30)27-17-15-19-11-6-7-12-20(19)18-27/h6-9,11-14H,3-5,10,15-18H2,1-2H3. The number of carbonyl (C=O) groups is 2. The van der Waals surface area contributed by atoms with Gasteiger partial charge in [-0.25, -0.2) is 0 Å². The van der Waals surface area contributed by atoms with Crippen molar-refractivity contribution in [3.63, 3.8) is 0 Å². The molecule has 0 aromatic heterocycles. The summed E-state index contributed by atoms with van der Waals surface area (Å²) in [5.41, 5.74) is 4.19. The fourth-order valence-corrected chi connectivity index (χ4v) is 4.54. The molecule has 0 N–H and O–H groups in total. The Morgan fingerprint density at radius 3 is 2.42 bits per heavy atom. The molecule has 2 aromatic carbocycles. The number of amides is 2. The van der Waals surface area contributed by atoms with Gasteiger partial charge in [-0.1, -0.05) is 68.7 Å². The van der Waals surface area contributed by atoms with E-state index in [1.165, 1.54) is 16.0 Å². The van der Waals surface area contributed by atoms with E-state index in [1.807, 2.05) is 30.3 Å². The Kier molecular flexibility index (Phi) is 6.40. The Hall–Kier alpha value is -3.08. The fourth-order valence-electron chi connectivity index (χ4n) is 4.54. The van der Waals surface area contributed by atoms with E-state index >= 15 is 0 Å². The Balaban J connectivity index is 1.72. The van der Waals surface area contributed by atoms with Crippen molar-refractivity contribution in [3.05, 3.63) is 70.9 Å². The van der Waals surface area contributed by atoms with E-state index in [-0.39, 0.29) is 11.8 Å². The second-order valence-corrected chi connectivity index (χ2v) is 8.19. The number of para-hydroxylation sites is 1. The summed E-state index contributed by atoms with van der Waals surface area (Å²) in [6, 6.07) is 15.8. The highest BCUT2D eigenvalue weighted by molar-refractivity contribution is 6.36. The second kappa shape index (κ2) is 9.38. The van der Waals surface area contributed by atoms with Crippen molar-refractivity contribution in [2.24, 2.45) is 0 Å². The molecule has 0 spiro atoms. The molecular weight excluding hydrogens is 388 g/mol. The largest absolute Gasteiger partial charge is 0.496 e. The van der Waals surface area contributed by atoms with Crippen LogP contribution >= 0.6 is 0 Å². The van der Waals surface area contributed by atoms with Crippen molar-refractivity contribution in [1.29, 1.82) is 0 Å². The lowest BCUT2D eigenvalue weighted by atomic mass is 9.97. The summed E-state index contributed by atoms with van der Waals surface area (Å²) < 4.78 is 5.55. The normalized spacial score (nSPS) is 16.2. The van der Waals surface area contributed by atoms with Gasteiger partial charge in [0.25, 0.3) is 11.8 Å². The van der Waals surface area contributed by atoms with Crippen LogP contribution in [0.1, 0.15) is 49.3 Å². The van der Waals surface area contributed by atoms with Gasteiger partial charge >= 0.3 is 0 Å². The van der Waals surface area contributed by atoms with E-state index in [0.29, 0.717) is 42.2 Å². The molecule has 0 saturated heterocycles. The van der Waals surface area contributed by atoms with Gasteiger partial charge in [0, 0.05) is 25.2 Å². The summed E-state index contributed by atoms with van der Waals surface area (Å²) in [4.78, 5) is 30.6. The lowest BCUT2D eigenvalue weighted by molar-refractivity contribution is -0.137. The number of ether oxygens (including phenoxy) is 1. The van der Waals surface area contributed by atoms with Gasteiger partial charge in [0.2, 0.25) is 0 Å². The zero-order valence-corrected chi connectivity index (χ0v) is 18.4. The Morgan fingerprint density at radius 1 is 0.903 bits per heavy atom. The maximum absolute atomic E-state index is 13.5. The smallest absolute Gasteiger partial charge is 0.277 e. The molecule has 5 heteroatoms. The zero-order chi connectivity index (χ0) is 21.8. The van der Waals surface area contributed by atoms with Crippen molar-refractivity contribution in [2.45, 2.75) is 45.6 Å². The first-order valence-corrected chi connectivity index (χ1v) is 11.2. The topological polar surface area (TPSA) is 49.9 Å². The number of unbranched alkanes of at least 4 members (excludes halogenated alkanes) is 3. The Labute approximate surface area is 184 Å². The van der Waals surface area contributed by atoms with E-state index in [2.05, 4.69) is 30.0 Å². The van der Waals surface area contributed by atoms with E-state index in [9.17, 15) is 9.59 Å². The first-order valence-electron chi connectivity index (χ1n) is 11.2. The van der Waals surface area contributed by atoms with Gasteiger partial charge < -0.3 is 9.64 Å². The van der Waals surface area contributed by atoms with Gasteiger partial charge in [-0.05, 0) is 30.0 Å². The lowest BCUT2D eigenvalue weighted by Gasteiger charge is -2.31. The van der Waals surface area contributed by atoms with Crippen molar-refractivity contribution in [2.75, 3.05) is 20.2 Å². The highest BCUT2D eigenvalue weighted by Gasteiger charge is 2.42. The average Bonchev–Trinajstić information content (AvgIpc) is 3.05. The molecule has 0 saturated carbocycles. The minimum atomic E-state index is -0.208. The van der Waals surface area contributed by atoms with Crippen LogP contribution in [-0.2, 0) is 22.6 Å². The molecule has 0 unspecified atom stereocenters. The number of benzene rings is 2. The monoisotopic (exact) mass is 418 g/mol. The number of hydrogen-bond acceptors (Lipinski definition) is 4. The molecule has 0 atom stereocenters. The van der Waals surface area contributed by atoms with Gasteiger partial charge in [-0.2, -0.15) is 0 Å². The number of carbonyl (C=O) groups excluding carboxylic acids is 2. The van der Waals surface area contributed by atoms with Crippen LogP contribution in [0.4, 0.5) is 0 Å². The second-order valence-electron chi connectivity index (χ2n) is 8.19. The summed E-state index contributed by atoms with van der Waals surface area (Å²) in [6.45, 7) is 3.96. The summed E-state index contributed by atoms with van der Waals surface area (Å²) in [7, 11) is 1.60. The predicted molar refractivity (Wildman–Crippen MR) is 121 cm³/mol. The molecule has 5 nitrogen and oxygen atoms in total. The van der Waals surface area contributed by atoms with Gasteiger partial charge in [0.05, 0.1) is 12.7 Å². The van der Waals surface area contributed by atoms with E-state index in [4.69, 9.17) is 4.74 Å². The van der Waals surface area contributed by atoms with Crippen molar-refractivity contribution < 1.29 is 14.3 Å². The third kappa shape index (κ3) is 4.09. The van der Waals surface area contributed by atoms with Crippen LogP contribution in [0.3, 0.4) is 0 Å². The molecule has 2 aromatic rings. The van der Waals surface area contributed by atoms with E-state index in [0.717, 1.165) is 32.1 Å². The minimum Gasteiger partial charge on any atom is -0.496 e. The number of fused-ring (bicyclic) bond motifs is 1. The van der Waals surface area contributed by atoms with Crippen molar-refractivity contribution in [1.82, 2.24) is 9.80 Å². The quantitative estimate of drug-likeness (QED) is 0.471. The highest BCUT2D eigenvalue weighted by Crippen LogP contribution is 2.37. The molecule has 0 aliphatic carbocycles. The minimum absolute atomic E-state index is 0.179. The van der Waals surface area contributed by atoms with Crippen LogP contribution in [0.15, 0.2) is 54.2 Å². The maximum Gasteiger partial charge on any atom is 0.277 e. The molecule has 31 heavy (non-hydrogen) atoms. The van der Waals surface area contributed by atoms with Gasteiger partial charge in [0.1, 0.15) is 11.4 Å². The molecule has 2 amide bonds. The van der Waals surface area contributed by atoms with Crippen LogP contribution < -0.4 is 4.74 Å². The predicted octanol–water partition coefficient (Wildman–Crippen LogP) is 4.41. The van der Waals surface area contributed by atoms with Crippen LogP contribution in [0, 0.1) is 0 Å². The lowest BCUT2D eigenvalue weighted by Crippen LogP contribution is -2.37.